The van der Waals surface area contributed by atoms with Crippen LogP contribution in [0.5, 0.6) is 0 Å². The Hall–Kier alpha value is -2.69. The molecule has 24 heavy (non-hydrogen) atoms. The van der Waals surface area contributed by atoms with Crippen LogP contribution in [0, 0.1) is 19.7 Å². The van der Waals surface area contributed by atoms with E-state index in [1.807, 2.05) is 31.2 Å². The lowest BCUT2D eigenvalue weighted by atomic mass is 10.0. The van der Waals surface area contributed by atoms with Crippen LogP contribution < -0.4 is 5.32 Å². The number of aryl methyl sites for hydroxylation is 3. The van der Waals surface area contributed by atoms with Crippen LogP contribution in [-0.2, 0) is 16.0 Å². The zero-order valence-electron chi connectivity index (χ0n) is 13.7. The quantitative estimate of drug-likeness (QED) is 0.854. The van der Waals surface area contributed by atoms with E-state index in [0.29, 0.717) is 17.5 Å². The molecule has 0 aliphatic carbocycles. The molecule has 0 heterocycles. The molecule has 1 unspecified atom stereocenters. The number of carbonyl (C=O) groups is 2. The highest BCUT2D eigenvalue weighted by Crippen LogP contribution is 2.18. The van der Waals surface area contributed by atoms with E-state index in [1.54, 1.807) is 6.92 Å². The van der Waals surface area contributed by atoms with Crippen molar-refractivity contribution in [3.63, 3.8) is 0 Å². The molecule has 0 fully saturated rings. The van der Waals surface area contributed by atoms with Crippen LogP contribution in [0.1, 0.15) is 34.7 Å². The third kappa shape index (κ3) is 4.41. The highest BCUT2D eigenvalue weighted by atomic mass is 19.1. The smallest absolute Gasteiger partial charge is 0.330 e. The molecule has 0 bridgehead atoms. The van der Waals surface area contributed by atoms with Crippen LogP contribution in [0.25, 0.3) is 0 Å². The van der Waals surface area contributed by atoms with E-state index >= 15 is 0 Å². The minimum absolute atomic E-state index is 0.189. The summed E-state index contributed by atoms with van der Waals surface area (Å²) >= 11 is 0. The van der Waals surface area contributed by atoms with Gasteiger partial charge < -0.3 is 10.4 Å². The number of halogens is 1. The second-order valence-electron chi connectivity index (χ2n) is 5.77. The summed E-state index contributed by atoms with van der Waals surface area (Å²) in [5, 5.41) is 11.9. The first-order chi connectivity index (χ1) is 11.4. The normalized spacial score (nSPS) is 11.8. The van der Waals surface area contributed by atoms with Crippen molar-refractivity contribution in [2.75, 3.05) is 0 Å². The summed E-state index contributed by atoms with van der Waals surface area (Å²) in [5.41, 5.74) is 2.84. The van der Waals surface area contributed by atoms with E-state index in [9.17, 15) is 19.1 Å². The van der Waals surface area contributed by atoms with Crippen LogP contribution in [0.4, 0.5) is 4.39 Å². The topological polar surface area (TPSA) is 66.4 Å². The Labute approximate surface area is 140 Å². The fourth-order valence-corrected chi connectivity index (χ4v) is 2.51. The summed E-state index contributed by atoms with van der Waals surface area (Å²) in [6.07, 6.45) is 0.724. The molecule has 0 saturated carbocycles. The van der Waals surface area contributed by atoms with E-state index in [4.69, 9.17) is 0 Å². The molecule has 0 aliphatic heterocycles. The molecule has 2 aromatic rings. The number of carbonyl (C=O) groups excluding carboxylic acids is 1. The molecule has 5 heteroatoms. The Balaban J connectivity index is 2.05. The lowest BCUT2D eigenvalue weighted by molar-refractivity contribution is -0.142. The van der Waals surface area contributed by atoms with Gasteiger partial charge in [-0.1, -0.05) is 36.4 Å². The summed E-state index contributed by atoms with van der Waals surface area (Å²) in [7, 11) is 0. The van der Waals surface area contributed by atoms with Gasteiger partial charge >= 0.3 is 5.97 Å². The van der Waals surface area contributed by atoms with Gasteiger partial charge in [-0.2, -0.15) is 0 Å². The number of nitrogens with one attached hydrogen (secondary N) is 1. The third-order valence-corrected chi connectivity index (χ3v) is 3.95. The molecule has 2 N–H and O–H groups in total. The zero-order chi connectivity index (χ0) is 17.7. The Kier molecular flexibility index (Phi) is 5.68. The number of aliphatic carboxylic acids is 1. The van der Waals surface area contributed by atoms with Crippen molar-refractivity contribution < 1.29 is 19.1 Å². The Bertz CT molecular complexity index is 758. The van der Waals surface area contributed by atoms with Gasteiger partial charge in [-0.25, -0.2) is 9.18 Å². The molecule has 2 rings (SSSR count). The number of hydrogen-bond donors (Lipinski definition) is 2. The van der Waals surface area contributed by atoms with Crippen LogP contribution in [0.2, 0.25) is 0 Å². The van der Waals surface area contributed by atoms with Crippen molar-refractivity contribution in [1.82, 2.24) is 5.32 Å². The van der Waals surface area contributed by atoms with E-state index in [-0.39, 0.29) is 12.3 Å². The van der Waals surface area contributed by atoms with E-state index in [1.165, 1.54) is 18.2 Å². The van der Waals surface area contributed by atoms with Crippen molar-refractivity contribution in [2.24, 2.45) is 0 Å². The van der Waals surface area contributed by atoms with Crippen molar-refractivity contribution in [1.29, 1.82) is 0 Å². The monoisotopic (exact) mass is 329 g/mol. The van der Waals surface area contributed by atoms with Gasteiger partial charge in [0.15, 0.2) is 6.04 Å². The molecule has 4 nitrogen and oxygen atoms in total. The molecular formula is C19H20FNO3. The van der Waals surface area contributed by atoms with Crippen LogP contribution >= 0.6 is 0 Å². The SMILES string of the molecule is Cc1cc(C(NC(=O)CCc2ccccc2C)C(=O)O)ccc1F. The fourth-order valence-electron chi connectivity index (χ4n) is 2.51. The van der Waals surface area contributed by atoms with E-state index in [2.05, 4.69) is 5.32 Å². The van der Waals surface area contributed by atoms with Gasteiger partial charge in [-0.3, -0.25) is 4.79 Å². The van der Waals surface area contributed by atoms with Crippen molar-refractivity contribution in [3.05, 3.63) is 70.5 Å². The lowest BCUT2D eigenvalue weighted by Crippen LogP contribution is -2.34. The van der Waals surface area contributed by atoms with E-state index in [0.717, 1.165) is 11.1 Å². The average Bonchev–Trinajstić information content (AvgIpc) is 2.54. The lowest BCUT2D eigenvalue weighted by Gasteiger charge is -2.16. The predicted octanol–water partition coefficient (Wildman–Crippen LogP) is 3.32. The van der Waals surface area contributed by atoms with Gasteiger partial charge in [-0.15, -0.1) is 0 Å². The second-order valence-corrected chi connectivity index (χ2v) is 5.77. The van der Waals surface area contributed by atoms with Crippen molar-refractivity contribution >= 4 is 11.9 Å². The standard InChI is InChI=1S/C19H20FNO3/c1-12-5-3-4-6-14(12)8-10-17(22)21-18(19(23)24)15-7-9-16(20)13(2)11-15/h3-7,9,11,18H,8,10H2,1-2H3,(H,21,22)(H,23,24). The average molecular weight is 329 g/mol. The van der Waals surface area contributed by atoms with Crippen molar-refractivity contribution in [3.8, 4) is 0 Å². The molecule has 1 atom stereocenters. The number of rotatable bonds is 6. The van der Waals surface area contributed by atoms with Crippen LogP contribution in [-0.4, -0.2) is 17.0 Å². The number of amides is 1. The second kappa shape index (κ2) is 7.73. The first-order valence-corrected chi connectivity index (χ1v) is 7.71. The number of carboxylic acid groups (broad SMARTS) is 1. The van der Waals surface area contributed by atoms with Gasteiger partial charge in [0.2, 0.25) is 5.91 Å². The summed E-state index contributed by atoms with van der Waals surface area (Å²) in [4.78, 5) is 23.6. The van der Waals surface area contributed by atoms with Crippen molar-refractivity contribution in [2.45, 2.75) is 32.7 Å². The molecule has 126 valence electrons. The van der Waals surface area contributed by atoms with Gasteiger partial charge in [0.05, 0.1) is 0 Å². The molecule has 0 aliphatic rings. The maximum absolute atomic E-state index is 13.3. The van der Waals surface area contributed by atoms with Gasteiger partial charge in [0.25, 0.3) is 0 Å². The molecule has 0 aromatic heterocycles. The predicted molar refractivity (Wildman–Crippen MR) is 89.2 cm³/mol. The third-order valence-electron chi connectivity index (χ3n) is 3.95. The molecule has 1 amide bonds. The van der Waals surface area contributed by atoms with Gasteiger partial charge in [0.1, 0.15) is 5.82 Å². The fraction of sp³-hybridized carbons (Fsp3) is 0.263. The van der Waals surface area contributed by atoms with E-state index < -0.39 is 17.8 Å². The summed E-state index contributed by atoms with van der Waals surface area (Å²) in [6.45, 7) is 3.52. The maximum Gasteiger partial charge on any atom is 0.330 e. The largest absolute Gasteiger partial charge is 0.479 e. The highest BCUT2D eigenvalue weighted by Gasteiger charge is 2.22. The molecular weight excluding hydrogens is 309 g/mol. The summed E-state index contributed by atoms with van der Waals surface area (Å²) in [5.74, 6) is -1.94. The Morgan fingerprint density at radius 3 is 2.46 bits per heavy atom. The molecule has 0 saturated heterocycles. The summed E-state index contributed by atoms with van der Waals surface area (Å²) in [6, 6.07) is 10.6. The minimum Gasteiger partial charge on any atom is -0.479 e. The summed E-state index contributed by atoms with van der Waals surface area (Å²) < 4.78 is 13.3. The zero-order valence-corrected chi connectivity index (χ0v) is 13.7. The first kappa shape index (κ1) is 17.7. The van der Waals surface area contributed by atoms with Crippen LogP contribution in [0.3, 0.4) is 0 Å². The highest BCUT2D eigenvalue weighted by molar-refractivity contribution is 5.84. The minimum atomic E-state index is -1.19. The maximum atomic E-state index is 13.3. The molecule has 0 spiro atoms. The number of carboxylic acids is 1. The van der Waals surface area contributed by atoms with Gasteiger partial charge in [0, 0.05) is 6.42 Å². The first-order valence-electron chi connectivity index (χ1n) is 7.71. The molecule has 2 aromatic carbocycles. The van der Waals surface area contributed by atoms with Crippen LogP contribution in [0.15, 0.2) is 42.5 Å². The van der Waals surface area contributed by atoms with Gasteiger partial charge in [-0.05, 0) is 48.6 Å². The Morgan fingerprint density at radius 1 is 1.12 bits per heavy atom. The Morgan fingerprint density at radius 2 is 1.83 bits per heavy atom. The number of hydrogen-bond acceptors (Lipinski definition) is 2. The molecule has 0 radical (unpaired) electrons. The number of benzene rings is 2.